The lowest BCUT2D eigenvalue weighted by molar-refractivity contribution is 0.417. The fraction of sp³-hybridized carbons (Fsp3) is 0.333. The normalized spacial score (nSPS) is 9.25. The zero-order valence-corrected chi connectivity index (χ0v) is 10.1. The Hall–Kier alpha value is -1.60. The molecule has 0 aliphatic carbocycles. The number of hydrogen-bond acceptors (Lipinski definition) is 2. The average molecular weight is 233 g/mol. The van der Waals surface area contributed by atoms with Crippen LogP contribution >= 0.6 is 12.2 Å². The molecule has 1 aromatic carbocycles. The quantitative estimate of drug-likeness (QED) is 0.806. The Labute approximate surface area is 102 Å². The number of hydrogen-bond donors (Lipinski definition) is 1. The number of rotatable bonds is 4. The SMILES string of the molecule is CNC(=S)N(CCC#N)Cc1ccccc1. The summed E-state index contributed by atoms with van der Waals surface area (Å²) in [6, 6.07) is 12.2. The van der Waals surface area contributed by atoms with Gasteiger partial charge in [-0.3, -0.25) is 0 Å². The van der Waals surface area contributed by atoms with Crippen molar-refractivity contribution >= 4 is 17.3 Å². The van der Waals surface area contributed by atoms with Crippen molar-refractivity contribution < 1.29 is 0 Å². The second-order valence-corrected chi connectivity index (χ2v) is 3.76. The molecule has 0 saturated heterocycles. The van der Waals surface area contributed by atoms with Crippen LogP contribution in [0.3, 0.4) is 0 Å². The van der Waals surface area contributed by atoms with Gasteiger partial charge in [0.05, 0.1) is 12.5 Å². The van der Waals surface area contributed by atoms with Crippen molar-refractivity contribution in [3.8, 4) is 6.07 Å². The summed E-state index contributed by atoms with van der Waals surface area (Å²) in [6.45, 7) is 1.40. The molecule has 0 amide bonds. The van der Waals surface area contributed by atoms with Crippen molar-refractivity contribution in [2.45, 2.75) is 13.0 Å². The molecule has 0 bridgehead atoms. The highest BCUT2D eigenvalue weighted by atomic mass is 32.1. The van der Waals surface area contributed by atoms with Gasteiger partial charge in [-0.25, -0.2) is 0 Å². The molecule has 1 N–H and O–H groups in total. The molecule has 84 valence electrons. The lowest BCUT2D eigenvalue weighted by atomic mass is 10.2. The van der Waals surface area contributed by atoms with Crippen LogP contribution in [0.15, 0.2) is 30.3 Å². The monoisotopic (exact) mass is 233 g/mol. The van der Waals surface area contributed by atoms with Gasteiger partial charge in [-0.2, -0.15) is 5.26 Å². The lowest BCUT2D eigenvalue weighted by Gasteiger charge is -2.23. The fourth-order valence-electron chi connectivity index (χ4n) is 1.40. The van der Waals surface area contributed by atoms with Gasteiger partial charge >= 0.3 is 0 Å². The standard InChI is InChI=1S/C12H15N3S/c1-14-12(16)15(9-5-8-13)10-11-6-3-2-4-7-11/h2-4,6-7H,5,9-10H2,1H3,(H,14,16). The maximum absolute atomic E-state index is 8.60. The number of nitrogens with zero attached hydrogens (tertiary/aromatic N) is 2. The molecule has 0 fully saturated rings. The van der Waals surface area contributed by atoms with Crippen LogP contribution in [0.25, 0.3) is 0 Å². The van der Waals surface area contributed by atoms with Crippen LogP contribution < -0.4 is 5.32 Å². The maximum Gasteiger partial charge on any atom is 0.169 e. The van der Waals surface area contributed by atoms with Crippen molar-refractivity contribution in [2.24, 2.45) is 0 Å². The summed E-state index contributed by atoms with van der Waals surface area (Å²) in [7, 11) is 1.80. The van der Waals surface area contributed by atoms with Crippen LogP contribution in [0.1, 0.15) is 12.0 Å². The van der Waals surface area contributed by atoms with Gasteiger partial charge in [0.1, 0.15) is 0 Å². The van der Waals surface area contributed by atoms with Crippen LogP contribution in [-0.4, -0.2) is 23.6 Å². The summed E-state index contributed by atoms with van der Waals surface area (Å²) in [6.07, 6.45) is 0.481. The molecule has 0 aliphatic heterocycles. The van der Waals surface area contributed by atoms with Crippen LogP contribution in [0.5, 0.6) is 0 Å². The molecular weight excluding hydrogens is 218 g/mol. The Morgan fingerprint density at radius 2 is 2.12 bits per heavy atom. The molecule has 3 nitrogen and oxygen atoms in total. The number of nitrogens with one attached hydrogen (secondary N) is 1. The van der Waals surface area contributed by atoms with E-state index in [4.69, 9.17) is 17.5 Å². The zero-order chi connectivity index (χ0) is 11.8. The van der Waals surface area contributed by atoms with Crippen LogP contribution in [-0.2, 0) is 6.54 Å². The van der Waals surface area contributed by atoms with E-state index in [1.165, 1.54) is 5.56 Å². The Balaban J connectivity index is 2.64. The third-order valence-corrected chi connectivity index (χ3v) is 2.67. The largest absolute Gasteiger partial charge is 0.366 e. The molecule has 0 unspecified atom stereocenters. The van der Waals surface area contributed by atoms with E-state index in [-0.39, 0.29) is 0 Å². The van der Waals surface area contributed by atoms with Gasteiger partial charge in [0.2, 0.25) is 0 Å². The Morgan fingerprint density at radius 1 is 1.44 bits per heavy atom. The first-order valence-corrected chi connectivity index (χ1v) is 5.56. The highest BCUT2D eigenvalue weighted by Gasteiger charge is 2.07. The number of thiocarbonyl (C=S) groups is 1. The molecule has 0 saturated carbocycles. The summed E-state index contributed by atoms with van der Waals surface area (Å²) in [5.41, 5.74) is 1.19. The van der Waals surface area contributed by atoms with E-state index < -0.39 is 0 Å². The lowest BCUT2D eigenvalue weighted by Crippen LogP contribution is -2.37. The van der Waals surface area contributed by atoms with E-state index in [2.05, 4.69) is 23.5 Å². The number of nitriles is 1. The molecular formula is C12H15N3S. The Kier molecular flexibility index (Phi) is 5.30. The van der Waals surface area contributed by atoms with E-state index in [0.29, 0.717) is 18.1 Å². The van der Waals surface area contributed by atoms with E-state index in [1.807, 2.05) is 23.1 Å². The van der Waals surface area contributed by atoms with Crippen molar-refractivity contribution in [1.82, 2.24) is 10.2 Å². The van der Waals surface area contributed by atoms with E-state index >= 15 is 0 Å². The van der Waals surface area contributed by atoms with Crippen molar-refractivity contribution in [3.63, 3.8) is 0 Å². The van der Waals surface area contributed by atoms with Gasteiger partial charge in [-0.1, -0.05) is 30.3 Å². The van der Waals surface area contributed by atoms with Gasteiger partial charge in [-0.15, -0.1) is 0 Å². The van der Waals surface area contributed by atoms with Crippen LogP contribution in [0, 0.1) is 11.3 Å². The molecule has 0 aliphatic rings. The van der Waals surface area contributed by atoms with Gasteiger partial charge in [0.25, 0.3) is 0 Å². The fourth-order valence-corrected chi connectivity index (χ4v) is 1.56. The maximum atomic E-state index is 8.60. The van der Waals surface area contributed by atoms with E-state index in [9.17, 15) is 0 Å². The van der Waals surface area contributed by atoms with Crippen LogP contribution in [0.2, 0.25) is 0 Å². The highest BCUT2D eigenvalue weighted by Crippen LogP contribution is 2.05. The molecule has 1 rings (SSSR count). The second kappa shape index (κ2) is 6.81. The third kappa shape index (κ3) is 3.87. The van der Waals surface area contributed by atoms with Crippen molar-refractivity contribution in [1.29, 1.82) is 5.26 Å². The minimum absolute atomic E-state index is 0.481. The summed E-state index contributed by atoms with van der Waals surface area (Å²) in [5, 5.41) is 12.2. The number of benzene rings is 1. The minimum Gasteiger partial charge on any atom is -0.366 e. The Bertz CT molecular complexity index is 370. The molecule has 0 spiro atoms. The molecule has 1 aromatic rings. The topological polar surface area (TPSA) is 39.1 Å². The predicted molar refractivity (Wildman–Crippen MR) is 68.7 cm³/mol. The molecule has 0 atom stereocenters. The van der Waals surface area contributed by atoms with Gasteiger partial charge in [0, 0.05) is 20.1 Å². The predicted octanol–water partition coefficient (Wildman–Crippen LogP) is 1.91. The molecule has 0 aromatic heterocycles. The second-order valence-electron chi connectivity index (χ2n) is 3.37. The molecule has 4 heteroatoms. The van der Waals surface area contributed by atoms with Crippen molar-refractivity contribution in [3.05, 3.63) is 35.9 Å². The summed E-state index contributed by atoms with van der Waals surface area (Å²) in [4.78, 5) is 1.99. The van der Waals surface area contributed by atoms with Gasteiger partial charge < -0.3 is 10.2 Å². The van der Waals surface area contributed by atoms with Crippen molar-refractivity contribution in [2.75, 3.05) is 13.6 Å². The minimum atomic E-state index is 0.481. The summed E-state index contributed by atoms with van der Waals surface area (Å²) in [5.74, 6) is 0. The first kappa shape index (κ1) is 12.5. The molecule has 16 heavy (non-hydrogen) atoms. The molecule has 0 heterocycles. The van der Waals surface area contributed by atoms with Gasteiger partial charge in [-0.05, 0) is 17.8 Å². The summed E-state index contributed by atoms with van der Waals surface area (Å²) >= 11 is 5.19. The third-order valence-electron chi connectivity index (χ3n) is 2.21. The average Bonchev–Trinajstić information content (AvgIpc) is 2.34. The zero-order valence-electron chi connectivity index (χ0n) is 9.31. The van der Waals surface area contributed by atoms with Crippen LogP contribution in [0.4, 0.5) is 0 Å². The first-order chi connectivity index (χ1) is 7.77. The smallest absolute Gasteiger partial charge is 0.169 e. The van der Waals surface area contributed by atoms with E-state index in [1.54, 1.807) is 7.05 Å². The van der Waals surface area contributed by atoms with E-state index in [0.717, 1.165) is 6.54 Å². The highest BCUT2D eigenvalue weighted by molar-refractivity contribution is 7.80. The first-order valence-electron chi connectivity index (χ1n) is 5.15. The Morgan fingerprint density at radius 3 is 2.69 bits per heavy atom. The molecule has 0 radical (unpaired) electrons. The summed E-state index contributed by atoms with van der Waals surface area (Å²) < 4.78 is 0. The van der Waals surface area contributed by atoms with Gasteiger partial charge in [0.15, 0.2) is 5.11 Å².